The Hall–Kier alpha value is -2.73. The SMILES string of the molecule is Cc1cccc(N2CCN(C(=O)/C=C3\Sc4ccccc4NC3=O)CC2C)c1. The van der Waals surface area contributed by atoms with E-state index in [4.69, 9.17) is 0 Å². The summed E-state index contributed by atoms with van der Waals surface area (Å²) >= 11 is 1.35. The number of amides is 2. The minimum atomic E-state index is -0.219. The smallest absolute Gasteiger partial charge is 0.262 e. The summed E-state index contributed by atoms with van der Waals surface area (Å²) in [5, 5.41) is 2.85. The molecule has 6 heteroatoms. The molecule has 1 unspecified atom stereocenters. The van der Waals surface area contributed by atoms with E-state index in [-0.39, 0.29) is 17.9 Å². The van der Waals surface area contributed by atoms with Crippen LogP contribution in [0.3, 0.4) is 0 Å². The Morgan fingerprint density at radius 1 is 1.18 bits per heavy atom. The third kappa shape index (κ3) is 3.78. The van der Waals surface area contributed by atoms with Crippen molar-refractivity contribution >= 4 is 35.0 Å². The zero-order valence-corrected chi connectivity index (χ0v) is 16.8. The monoisotopic (exact) mass is 393 g/mol. The minimum absolute atomic E-state index is 0.104. The van der Waals surface area contributed by atoms with Gasteiger partial charge in [-0.15, -0.1) is 0 Å². The van der Waals surface area contributed by atoms with E-state index in [1.165, 1.54) is 29.1 Å². The van der Waals surface area contributed by atoms with Gasteiger partial charge in [-0.1, -0.05) is 36.0 Å². The van der Waals surface area contributed by atoms with Gasteiger partial charge in [-0.3, -0.25) is 9.59 Å². The molecule has 28 heavy (non-hydrogen) atoms. The van der Waals surface area contributed by atoms with Crippen LogP contribution in [0, 0.1) is 6.92 Å². The summed E-state index contributed by atoms with van der Waals surface area (Å²) < 4.78 is 0. The Kier molecular flexibility index (Phi) is 5.13. The highest BCUT2D eigenvalue weighted by Crippen LogP contribution is 2.37. The molecule has 2 amide bonds. The van der Waals surface area contributed by atoms with E-state index in [1.807, 2.05) is 29.2 Å². The molecule has 2 aromatic rings. The average Bonchev–Trinajstić information content (AvgIpc) is 2.68. The third-order valence-corrected chi connectivity index (χ3v) is 6.21. The van der Waals surface area contributed by atoms with Crippen LogP contribution in [0.1, 0.15) is 12.5 Å². The van der Waals surface area contributed by atoms with Crippen molar-refractivity contribution in [3.63, 3.8) is 0 Å². The van der Waals surface area contributed by atoms with Crippen LogP contribution in [0.25, 0.3) is 0 Å². The lowest BCUT2D eigenvalue weighted by Crippen LogP contribution is -2.53. The first-order valence-electron chi connectivity index (χ1n) is 9.43. The Bertz CT molecular complexity index is 956. The van der Waals surface area contributed by atoms with E-state index in [0.29, 0.717) is 18.0 Å². The van der Waals surface area contributed by atoms with Crippen LogP contribution < -0.4 is 10.2 Å². The van der Waals surface area contributed by atoms with Crippen LogP contribution in [0.5, 0.6) is 0 Å². The minimum Gasteiger partial charge on any atom is -0.365 e. The second-order valence-electron chi connectivity index (χ2n) is 7.23. The van der Waals surface area contributed by atoms with Gasteiger partial charge in [0.1, 0.15) is 0 Å². The van der Waals surface area contributed by atoms with Crippen LogP contribution >= 0.6 is 11.8 Å². The lowest BCUT2D eigenvalue weighted by molar-refractivity contribution is -0.127. The third-order valence-electron chi connectivity index (χ3n) is 5.11. The van der Waals surface area contributed by atoms with Gasteiger partial charge in [0.05, 0.1) is 10.6 Å². The van der Waals surface area contributed by atoms with Crippen molar-refractivity contribution in [2.45, 2.75) is 24.8 Å². The number of nitrogens with one attached hydrogen (secondary N) is 1. The predicted molar refractivity (Wildman–Crippen MR) is 114 cm³/mol. The number of nitrogens with zero attached hydrogens (tertiary/aromatic N) is 2. The molecule has 144 valence electrons. The molecule has 1 fully saturated rings. The summed E-state index contributed by atoms with van der Waals surface area (Å²) in [4.78, 5) is 30.7. The molecule has 2 aromatic carbocycles. The number of carbonyl (C=O) groups is 2. The van der Waals surface area contributed by atoms with Crippen molar-refractivity contribution in [3.05, 3.63) is 65.1 Å². The van der Waals surface area contributed by atoms with Gasteiger partial charge in [-0.2, -0.15) is 0 Å². The molecule has 0 radical (unpaired) electrons. The Morgan fingerprint density at radius 2 is 2.00 bits per heavy atom. The molecule has 0 saturated carbocycles. The molecule has 2 heterocycles. The summed E-state index contributed by atoms with van der Waals surface area (Å²) in [5.41, 5.74) is 3.22. The zero-order chi connectivity index (χ0) is 19.7. The lowest BCUT2D eigenvalue weighted by Gasteiger charge is -2.41. The van der Waals surface area contributed by atoms with Crippen molar-refractivity contribution in [1.82, 2.24) is 4.90 Å². The molecule has 4 rings (SSSR count). The summed E-state index contributed by atoms with van der Waals surface area (Å²) in [6.45, 7) is 6.28. The van der Waals surface area contributed by atoms with Gasteiger partial charge in [0.2, 0.25) is 5.91 Å². The number of anilines is 2. The van der Waals surface area contributed by atoms with Gasteiger partial charge in [0, 0.05) is 42.3 Å². The van der Waals surface area contributed by atoms with Crippen LogP contribution in [0.4, 0.5) is 11.4 Å². The summed E-state index contributed by atoms with van der Waals surface area (Å²) in [7, 11) is 0. The van der Waals surface area contributed by atoms with Gasteiger partial charge in [-0.05, 0) is 43.7 Å². The van der Waals surface area contributed by atoms with E-state index in [9.17, 15) is 9.59 Å². The van der Waals surface area contributed by atoms with Crippen molar-refractivity contribution in [3.8, 4) is 0 Å². The van der Waals surface area contributed by atoms with E-state index >= 15 is 0 Å². The standard InChI is InChI=1S/C22H23N3O2S/c1-15-6-5-7-17(12-15)25-11-10-24(14-16(25)2)21(26)13-20-22(27)23-18-8-3-4-9-19(18)28-20/h3-9,12-13,16H,10-11,14H2,1-2H3,(H,23,27)/b20-13-. The summed E-state index contributed by atoms with van der Waals surface area (Å²) in [5.74, 6) is -0.323. The molecular formula is C22H23N3O2S. The number of aryl methyl sites for hydroxylation is 1. The molecule has 0 aliphatic carbocycles. The number of piperazine rings is 1. The summed E-state index contributed by atoms with van der Waals surface area (Å²) in [6, 6.07) is 16.3. The number of carbonyl (C=O) groups excluding carboxylic acids is 2. The first-order chi connectivity index (χ1) is 13.5. The number of rotatable bonds is 2. The maximum atomic E-state index is 12.8. The fourth-order valence-electron chi connectivity index (χ4n) is 3.65. The van der Waals surface area contributed by atoms with Crippen molar-refractivity contribution in [2.24, 2.45) is 0 Å². The molecule has 2 aliphatic rings. The first kappa shape index (κ1) is 18.6. The number of hydrogen-bond acceptors (Lipinski definition) is 4. The predicted octanol–water partition coefficient (Wildman–Crippen LogP) is 3.66. The topological polar surface area (TPSA) is 52.6 Å². The Labute approximate surface area is 169 Å². The molecule has 5 nitrogen and oxygen atoms in total. The Balaban J connectivity index is 1.45. The van der Waals surface area contributed by atoms with Crippen molar-refractivity contribution in [1.29, 1.82) is 0 Å². The molecule has 2 aliphatic heterocycles. The molecule has 1 N–H and O–H groups in total. The van der Waals surface area contributed by atoms with E-state index in [1.54, 1.807) is 0 Å². The van der Waals surface area contributed by atoms with Crippen LogP contribution in [0.2, 0.25) is 0 Å². The van der Waals surface area contributed by atoms with Gasteiger partial charge < -0.3 is 15.1 Å². The zero-order valence-electron chi connectivity index (χ0n) is 16.0. The molecular weight excluding hydrogens is 370 g/mol. The van der Waals surface area contributed by atoms with E-state index in [0.717, 1.165) is 17.1 Å². The quantitative estimate of drug-likeness (QED) is 0.791. The van der Waals surface area contributed by atoms with Gasteiger partial charge in [0.25, 0.3) is 5.91 Å². The van der Waals surface area contributed by atoms with Gasteiger partial charge in [0.15, 0.2) is 0 Å². The largest absolute Gasteiger partial charge is 0.365 e. The highest BCUT2D eigenvalue weighted by molar-refractivity contribution is 8.04. The highest BCUT2D eigenvalue weighted by Gasteiger charge is 2.28. The molecule has 0 aromatic heterocycles. The van der Waals surface area contributed by atoms with Gasteiger partial charge in [-0.25, -0.2) is 0 Å². The van der Waals surface area contributed by atoms with Crippen LogP contribution in [0.15, 0.2) is 64.4 Å². The molecule has 1 atom stereocenters. The number of fused-ring (bicyclic) bond motifs is 1. The maximum Gasteiger partial charge on any atom is 0.262 e. The Morgan fingerprint density at radius 3 is 2.79 bits per heavy atom. The summed E-state index contributed by atoms with van der Waals surface area (Å²) in [6.07, 6.45) is 1.48. The molecule has 0 spiro atoms. The average molecular weight is 394 g/mol. The second-order valence-corrected chi connectivity index (χ2v) is 8.31. The maximum absolute atomic E-state index is 12.8. The fourth-order valence-corrected chi connectivity index (χ4v) is 4.57. The number of hydrogen-bond donors (Lipinski definition) is 1. The number of benzene rings is 2. The first-order valence-corrected chi connectivity index (χ1v) is 10.2. The molecule has 0 bridgehead atoms. The highest BCUT2D eigenvalue weighted by atomic mass is 32.2. The lowest BCUT2D eigenvalue weighted by atomic mass is 10.1. The van der Waals surface area contributed by atoms with E-state index in [2.05, 4.69) is 48.3 Å². The van der Waals surface area contributed by atoms with E-state index < -0.39 is 0 Å². The molecule has 1 saturated heterocycles. The normalized spacial score (nSPS) is 20.7. The van der Waals surface area contributed by atoms with Gasteiger partial charge >= 0.3 is 0 Å². The second kappa shape index (κ2) is 7.72. The van der Waals surface area contributed by atoms with Crippen LogP contribution in [-0.4, -0.2) is 42.4 Å². The fraction of sp³-hybridized carbons (Fsp3) is 0.273. The van der Waals surface area contributed by atoms with Crippen LogP contribution in [-0.2, 0) is 9.59 Å². The van der Waals surface area contributed by atoms with Crippen molar-refractivity contribution in [2.75, 3.05) is 29.9 Å². The number of thioether (sulfide) groups is 1. The van der Waals surface area contributed by atoms with Crippen molar-refractivity contribution < 1.29 is 9.59 Å². The number of para-hydroxylation sites is 1.